The number of hydrogen-bond donors (Lipinski definition) is 1. The van der Waals surface area contributed by atoms with Gasteiger partial charge in [-0.25, -0.2) is 0 Å². The average Bonchev–Trinajstić information content (AvgIpc) is 2.85. The first-order valence-electron chi connectivity index (χ1n) is 12.1. The number of para-hydroxylation sites is 1. The van der Waals surface area contributed by atoms with Gasteiger partial charge in [-0.3, -0.25) is 19.8 Å². The Morgan fingerprint density at radius 1 is 1.09 bits per heavy atom. The van der Waals surface area contributed by atoms with Crippen molar-refractivity contribution in [2.75, 3.05) is 38.2 Å². The number of ether oxygens (including phenoxy) is 1. The van der Waals surface area contributed by atoms with E-state index >= 15 is 0 Å². The Bertz CT molecular complexity index is 1010. The van der Waals surface area contributed by atoms with Gasteiger partial charge in [0.15, 0.2) is 0 Å². The maximum absolute atomic E-state index is 13.3. The summed E-state index contributed by atoms with van der Waals surface area (Å²) in [5.74, 6) is 1.33. The summed E-state index contributed by atoms with van der Waals surface area (Å²) in [6.45, 7) is 6.51. The lowest BCUT2D eigenvalue weighted by Crippen LogP contribution is -2.44. The van der Waals surface area contributed by atoms with E-state index in [2.05, 4.69) is 28.1 Å². The number of anilines is 1. The van der Waals surface area contributed by atoms with Crippen molar-refractivity contribution < 1.29 is 14.5 Å². The Labute approximate surface area is 201 Å². The van der Waals surface area contributed by atoms with Crippen LogP contribution >= 0.6 is 0 Å². The molecule has 0 aromatic heterocycles. The average molecular weight is 467 g/mol. The molecule has 2 fully saturated rings. The molecule has 2 aliphatic rings. The van der Waals surface area contributed by atoms with Crippen molar-refractivity contribution in [3.63, 3.8) is 0 Å². The lowest BCUT2D eigenvalue weighted by atomic mass is 9.97. The number of methoxy groups -OCH3 is 1. The largest absolute Gasteiger partial charge is 0.496 e. The van der Waals surface area contributed by atoms with Crippen LogP contribution in [0.2, 0.25) is 0 Å². The van der Waals surface area contributed by atoms with Gasteiger partial charge >= 0.3 is 0 Å². The molecule has 2 aliphatic heterocycles. The van der Waals surface area contributed by atoms with Crippen molar-refractivity contribution in [1.29, 1.82) is 0 Å². The Hall–Kier alpha value is -3.13. The van der Waals surface area contributed by atoms with E-state index in [0.29, 0.717) is 11.5 Å². The quantitative estimate of drug-likeness (QED) is 0.485. The van der Waals surface area contributed by atoms with E-state index in [1.807, 2.05) is 18.2 Å². The first-order valence-corrected chi connectivity index (χ1v) is 12.1. The van der Waals surface area contributed by atoms with E-state index in [0.717, 1.165) is 75.4 Å². The number of amides is 1. The summed E-state index contributed by atoms with van der Waals surface area (Å²) in [6, 6.07) is 12.8. The van der Waals surface area contributed by atoms with Crippen LogP contribution in [0.15, 0.2) is 42.5 Å². The normalized spacial score (nSPS) is 18.0. The number of hydrogen-bond acceptors (Lipinski definition) is 6. The Balaban J connectivity index is 1.40. The summed E-state index contributed by atoms with van der Waals surface area (Å²) in [4.78, 5) is 28.8. The molecule has 0 radical (unpaired) electrons. The van der Waals surface area contributed by atoms with Crippen LogP contribution in [0.25, 0.3) is 0 Å². The minimum absolute atomic E-state index is 0.0501. The van der Waals surface area contributed by atoms with E-state index in [4.69, 9.17) is 4.74 Å². The number of non-ortho nitro benzene ring substituents is 1. The van der Waals surface area contributed by atoms with Gasteiger partial charge < -0.3 is 15.0 Å². The molecule has 0 bridgehead atoms. The molecule has 2 heterocycles. The lowest BCUT2D eigenvalue weighted by molar-refractivity contribution is -0.384. The molecule has 182 valence electrons. The molecular formula is C26H34N4O4. The van der Waals surface area contributed by atoms with Crippen molar-refractivity contribution in [1.82, 2.24) is 10.2 Å². The molecule has 2 saturated heterocycles. The monoisotopic (exact) mass is 466 g/mol. The van der Waals surface area contributed by atoms with Crippen LogP contribution in [-0.2, 0) is 6.54 Å². The second-order valence-electron chi connectivity index (χ2n) is 9.46. The zero-order valence-corrected chi connectivity index (χ0v) is 20.0. The van der Waals surface area contributed by atoms with E-state index in [1.54, 1.807) is 13.2 Å². The highest BCUT2D eigenvalue weighted by Crippen LogP contribution is 2.30. The number of rotatable bonds is 7. The van der Waals surface area contributed by atoms with Gasteiger partial charge in [-0.2, -0.15) is 0 Å². The zero-order valence-electron chi connectivity index (χ0n) is 20.0. The van der Waals surface area contributed by atoms with Crippen LogP contribution in [0, 0.1) is 16.0 Å². The number of nitrogens with zero attached hydrogens (tertiary/aromatic N) is 3. The maximum Gasteiger partial charge on any atom is 0.270 e. The van der Waals surface area contributed by atoms with Gasteiger partial charge in [0.05, 0.1) is 23.3 Å². The first-order chi connectivity index (χ1) is 16.4. The number of piperidine rings is 2. The lowest BCUT2D eigenvalue weighted by Gasteiger charge is -2.34. The van der Waals surface area contributed by atoms with Crippen molar-refractivity contribution in [2.24, 2.45) is 5.92 Å². The fourth-order valence-corrected chi connectivity index (χ4v) is 4.92. The molecule has 2 aromatic carbocycles. The fourth-order valence-electron chi connectivity index (χ4n) is 4.92. The number of nitrogens with one attached hydrogen (secondary N) is 1. The molecule has 1 amide bonds. The standard InChI is InChI=1S/C26H34N4O4/c1-19-9-15-29(16-10-19)24-8-7-22(30(32)33)17-23(24)26(31)27-21-11-13-28(14-12-21)18-20-5-3-4-6-25(20)34-2/h3-8,17,19,21H,9-16,18H2,1-2H3,(H,27,31). The Morgan fingerprint density at radius 2 is 1.79 bits per heavy atom. The molecule has 34 heavy (non-hydrogen) atoms. The summed E-state index contributed by atoms with van der Waals surface area (Å²) in [7, 11) is 1.69. The van der Waals surface area contributed by atoms with Crippen molar-refractivity contribution in [3.05, 3.63) is 63.7 Å². The molecule has 0 atom stereocenters. The first kappa shape index (κ1) is 24.0. The smallest absolute Gasteiger partial charge is 0.270 e. The van der Waals surface area contributed by atoms with Crippen LogP contribution in [0.3, 0.4) is 0 Å². The van der Waals surface area contributed by atoms with E-state index in [1.165, 1.54) is 12.1 Å². The van der Waals surface area contributed by atoms with Crippen LogP contribution in [0.4, 0.5) is 11.4 Å². The van der Waals surface area contributed by atoms with Gasteiger partial charge in [-0.05, 0) is 43.7 Å². The maximum atomic E-state index is 13.3. The molecule has 0 spiro atoms. The minimum Gasteiger partial charge on any atom is -0.496 e. The van der Waals surface area contributed by atoms with Gasteiger partial charge in [0.1, 0.15) is 5.75 Å². The highest BCUT2D eigenvalue weighted by Gasteiger charge is 2.26. The Morgan fingerprint density at radius 3 is 2.47 bits per heavy atom. The molecule has 1 N–H and O–H groups in total. The number of benzene rings is 2. The van der Waals surface area contributed by atoms with Crippen LogP contribution < -0.4 is 15.0 Å². The van der Waals surface area contributed by atoms with Crippen LogP contribution in [0.1, 0.15) is 48.5 Å². The summed E-state index contributed by atoms with van der Waals surface area (Å²) in [5.41, 5.74) is 2.30. The number of carbonyl (C=O) groups is 1. The third-order valence-corrected chi connectivity index (χ3v) is 7.07. The summed E-state index contributed by atoms with van der Waals surface area (Å²) in [5, 5.41) is 14.5. The summed E-state index contributed by atoms with van der Waals surface area (Å²) in [6.07, 6.45) is 3.80. The SMILES string of the molecule is COc1ccccc1CN1CCC(NC(=O)c2cc([N+](=O)[O-])ccc2N2CCC(C)CC2)CC1. The third-order valence-electron chi connectivity index (χ3n) is 7.07. The number of carbonyl (C=O) groups excluding carboxylic acids is 1. The van der Waals surface area contributed by atoms with Gasteiger partial charge in [-0.1, -0.05) is 25.1 Å². The second-order valence-corrected chi connectivity index (χ2v) is 9.46. The van der Waals surface area contributed by atoms with Crippen molar-refractivity contribution >= 4 is 17.3 Å². The Kier molecular flexibility index (Phi) is 7.67. The van der Waals surface area contributed by atoms with E-state index < -0.39 is 4.92 Å². The number of nitro groups is 1. The van der Waals surface area contributed by atoms with Gasteiger partial charge in [0, 0.05) is 56.5 Å². The predicted molar refractivity (Wildman–Crippen MR) is 132 cm³/mol. The van der Waals surface area contributed by atoms with E-state index in [9.17, 15) is 14.9 Å². The van der Waals surface area contributed by atoms with Crippen LogP contribution in [-0.4, -0.2) is 55.1 Å². The zero-order chi connectivity index (χ0) is 24.1. The molecule has 8 nitrogen and oxygen atoms in total. The van der Waals surface area contributed by atoms with Gasteiger partial charge in [0.25, 0.3) is 11.6 Å². The summed E-state index contributed by atoms with van der Waals surface area (Å²) >= 11 is 0. The van der Waals surface area contributed by atoms with Gasteiger partial charge in [0.2, 0.25) is 0 Å². The van der Waals surface area contributed by atoms with Crippen molar-refractivity contribution in [3.8, 4) is 5.75 Å². The molecule has 0 saturated carbocycles. The number of nitro benzene ring substituents is 1. The van der Waals surface area contributed by atoms with Crippen LogP contribution in [0.5, 0.6) is 5.75 Å². The highest BCUT2D eigenvalue weighted by atomic mass is 16.6. The molecule has 2 aromatic rings. The molecule has 0 aliphatic carbocycles. The molecule has 0 unspecified atom stereocenters. The highest BCUT2D eigenvalue weighted by molar-refractivity contribution is 6.00. The van der Waals surface area contributed by atoms with E-state index in [-0.39, 0.29) is 17.6 Å². The van der Waals surface area contributed by atoms with Crippen molar-refractivity contribution in [2.45, 2.75) is 45.2 Å². The summed E-state index contributed by atoms with van der Waals surface area (Å²) < 4.78 is 5.47. The minimum atomic E-state index is -0.435. The molecule has 4 rings (SSSR count). The third kappa shape index (κ3) is 5.67. The second kappa shape index (κ2) is 10.9. The fraction of sp³-hybridized carbons (Fsp3) is 0.500. The molecule has 8 heteroatoms. The van der Waals surface area contributed by atoms with Gasteiger partial charge in [-0.15, -0.1) is 0 Å². The predicted octanol–water partition coefficient (Wildman–Crippen LogP) is 4.23. The topological polar surface area (TPSA) is 87.9 Å². The molecular weight excluding hydrogens is 432 g/mol. The number of likely N-dealkylation sites (tertiary alicyclic amines) is 1.